The molecule has 0 aliphatic carbocycles. The van der Waals surface area contributed by atoms with Crippen molar-refractivity contribution in [2.24, 2.45) is 23.7 Å². The van der Waals surface area contributed by atoms with Gasteiger partial charge in [-0.05, 0) is 19.3 Å². The summed E-state index contributed by atoms with van der Waals surface area (Å²) in [5.74, 6) is -3.22. The van der Waals surface area contributed by atoms with E-state index in [1.54, 1.807) is 55.4 Å². The van der Waals surface area contributed by atoms with Crippen LogP contribution in [-0.4, -0.2) is 134 Å². The van der Waals surface area contributed by atoms with Crippen LogP contribution in [0.5, 0.6) is 0 Å². The number of aliphatic hydroxyl groups excluding tert-OH is 1. The maximum atomic E-state index is 13.9. The summed E-state index contributed by atoms with van der Waals surface area (Å²) in [6.07, 6.45) is 0.784. The van der Waals surface area contributed by atoms with Gasteiger partial charge in [0.25, 0.3) is 0 Å². The molecule has 0 saturated carbocycles. The largest absolute Gasteiger partial charge is 0.396 e. The van der Waals surface area contributed by atoms with E-state index >= 15 is 0 Å². The number of aliphatic hydroxyl groups is 1. The number of hydrogen-bond acceptors (Lipinski definition) is 9. The molecular formula is C37H68N8O9. The van der Waals surface area contributed by atoms with E-state index in [1.165, 1.54) is 9.80 Å². The molecule has 0 saturated heterocycles. The first-order valence-corrected chi connectivity index (χ1v) is 19.2. The SMILES string of the molecule is CC(C)C(=O)NCCCCC(NC(=O)CCC(=O)NCCN(CCNC(=O)C(C)C)C(=O)CCO)C(=O)N(CCNC(=O)C(C)C)CCNC(=O)C(C)C. The van der Waals surface area contributed by atoms with Crippen LogP contribution in [0.4, 0.5) is 0 Å². The summed E-state index contributed by atoms with van der Waals surface area (Å²) in [5.41, 5.74) is 0. The molecule has 0 bridgehead atoms. The number of hydrogen-bond donors (Lipinski definition) is 7. The van der Waals surface area contributed by atoms with Gasteiger partial charge in [-0.2, -0.15) is 0 Å². The van der Waals surface area contributed by atoms with Crippen LogP contribution in [0.15, 0.2) is 0 Å². The first-order valence-electron chi connectivity index (χ1n) is 19.2. The summed E-state index contributed by atoms with van der Waals surface area (Å²) in [6, 6.07) is -0.967. The van der Waals surface area contributed by atoms with Crippen molar-refractivity contribution in [2.45, 2.75) is 100.0 Å². The zero-order chi connectivity index (χ0) is 41.2. The molecule has 0 aliphatic heterocycles. The molecule has 0 heterocycles. The number of nitrogens with one attached hydrogen (secondary N) is 6. The van der Waals surface area contributed by atoms with Crippen LogP contribution in [0, 0.1) is 23.7 Å². The fraction of sp³-hybridized carbons (Fsp3) is 0.784. The molecule has 17 heteroatoms. The molecule has 1 atom stereocenters. The molecule has 0 aliphatic rings. The van der Waals surface area contributed by atoms with Crippen LogP contribution in [0.1, 0.15) is 93.9 Å². The summed E-state index contributed by atoms with van der Waals surface area (Å²) in [5, 5.41) is 25.8. The van der Waals surface area contributed by atoms with Gasteiger partial charge in [0, 0.05) is 102 Å². The summed E-state index contributed by atoms with van der Waals surface area (Å²) >= 11 is 0. The minimum atomic E-state index is -0.967. The minimum absolute atomic E-state index is 0.0832. The Bertz CT molecular complexity index is 1180. The summed E-state index contributed by atoms with van der Waals surface area (Å²) in [7, 11) is 0. The fourth-order valence-electron chi connectivity index (χ4n) is 4.78. The predicted octanol–water partition coefficient (Wildman–Crippen LogP) is -0.334. The standard InChI is InChI=1S/C37H68N8O9/c1-25(2)33(50)39-15-10-9-11-29(37(54)45(22-18-41-35(52)27(5)6)23-19-42-36(53)28(7)8)43-31(48)13-12-30(47)38-16-20-44(32(49)14-24-46)21-17-40-34(51)26(3)4/h25-29,46H,9-24H2,1-8H3,(H,38,47)(H,39,50)(H,40,51)(H,41,52)(H,42,53)(H,43,48). The smallest absolute Gasteiger partial charge is 0.245 e. The fourth-order valence-corrected chi connectivity index (χ4v) is 4.78. The normalized spacial score (nSPS) is 11.6. The van der Waals surface area contributed by atoms with Crippen molar-refractivity contribution in [3.8, 4) is 0 Å². The van der Waals surface area contributed by atoms with E-state index in [0.717, 1.165) is 0 Å². The van der Waals surface area contributed by atoms with Gasteiger partial charge in [0.05, 0.1) is 6.61 Å². The van der Waals surface area contributed by atoms with Gasteiger partial charge in [0.1, 0.15) is 6.04 Å². The third kappa shape index (κ3) is 22.7. The lowest BCUT2D eigenvalue weighted by Gasteiger charge is -2.28. The van der Waals surface area contributed by atoms with E-state index < -0.39 is 23.8 Å². The van der Waals surface area contributed by atoms with Gasteiger partial charge in [-0.3, -0.25) is 38.4 Å². The van der Waals surface area contributed by atoms with Gasteiger partial charge in [0.2, 0.25) is 47.3 Å². The lowest BCUT2D eigenvalue weighted by atomic mass is 10.1. The van der Waals surface area contributed by atoms with Gasteiger partial charge in [-0.25, -0.2) is 0 Å². The Morgan fingerprint density at radius 2 is 0.870 bits per heavy atom. The van der Waals surface area contributed by atoms with E-state index in [9.17, 15) is 43.5 Å². The van der Waals surface area contributed by atoms with Crippen molar-refractivity contribution in [1.82, 2.24) is 41.7 Å². The molecule has 0 aromatic heterocycles. The second kappa shape index (κ2) is 28.2. The zero-order valence-electron chi connectivity index (χ0n) is 33.8. The van der Waals surface area contributed by atoms with Crippen molar-refractivity contribution in [3.63, 3.8) is 0 Å². The Kier molecular flexibility index (Phi) is 26.0. The lowest BCUT2D eigenvalue weighted by Crippen LogP contribution is -2.52. The van der Waals surface area contributed by atoms with Crippen LogP contribution in [-0.2, 0) is 38.4 Å². The molecule has 8 amide bonds. The van der Waals surface area contributed by atoms with Crippen molar-refractivity contribution in [3.05, 3.63) is 0 Å². The van der Waals surface area contributed by atoms with Crippen LogP contribution in [0.3, 0.4) is 0 Å². The average Bonchev–Trinajstić information content (AvgIpc) is 3.11. The molecule has 54 heavy (non-hydrogen) atoms. The van der Waals surface area contributed by atoms with Crippen molar-refractivity contribution >= 4 is 47.3 Å². The maximum Gasteiger partial charge on any atom is 0.245 e. The van der Waals surface area contributed by atoms with E-state index in [-0.39, 0.29) is 138 Å². The molecule has 310 valence electrons. The second-order valence-corrected chi connectivity index (χ2v) is 14.4. The third-order valence-electron chi connectivity index (χ3n) is 8.27. The highest BCUT2D eigenvalue weighted by atomic mass is 16.3. The van der Waals surface area contributed by atoms with E-state index in [1.807, 2.05) is 0 Å². The number of nitrogens with zero attached hydrogens (tertiary/aromatic N) is 2. The highest BCUT2D eigenvalue weighted by Gasteiger charge is 2.26. The molecule has 0 radical (unpaired) electrons. The zero-order valence-corrected chi connectivity index (χ0v) is 33.8. The Morgan fingerprint density at radius 1 is 0.481 bits per heavy atom. The summed E-state index contributed by atoms with van der Waals surface area (Å²) < 4.78 is 0. The Morgan fingerprint density at radius 3 is 1.30 bits per heavy atom. The van der Waals surface area contributed by atoms with Crippen molar-refractivity contribution in [1.29, 1.82) is 0 Å². The van der Waals surface area contributed by atoms with E-state index in [0.29, 0.717) is 19.4 Å². The number of amides is 8. The van der Waals surface area contributed by atoms with Crippen molar-refractivity contribution in [2.75, 3.05) is 65.5 Å². The van der Waals surface area contributed by atoms with Gasteiger partial charge in [0.15, 0.2) is 0 Å². The monoisotopic (exact) mass is 769 g/mol. The first kappa shape index (κ1) is 49.7. The Balaban J connectivity index is 5.53. The lowest BCUT2D eigenvalue weighted by molar-refractivity contribution is -0.137. The number of rotatable bonds is 28. The second-order valence-electron chi connectivity index (χ2n) is 14.4. The summed E-state index contributed by atoms with van der Waals surface area (Å²) in [6.45, 7) is 15.4. The van der Waals surface area contributed by atoms with Gasteiger partial charge in [-0.1, -0.05) is 55.4 Å². The molecule has 0 spiro atoms. The summed E-state index contributed by atoms with van der Waals surface area (Å²) in [4.78, 5) is 103. The predicted molar refractivity (Wildman–Crippen MR) is 204 cm³/mol. The minimum Gasteiger partial charge on any atom is -0.396 e. The molecule has 0 aromatic rings. The first-order chi connectivity index (χ1) is 25.4. The molecule has 0 rings (SSSR count). The number of unbranched alkanes of at least 4 members (excludes halogenated alkanes) is 1. The molecule has 0 fully saturated rings. The highest BCUT2D eigenvalue weighted by molar-refractivity contribution is 5.89. The van der Waals surface area contributed by atoms with E-state index in [2.05, 4.69) is 31.9 Å². The molecular weight excluding hydrogens is 700 g/mol. The van der Waals surface area contributed by atoms with E-state index in [4.69, 9.17) is 0 Å². The van der Waals surface area contributed by atoms with Gasteiger partial charge < -0.3 is 46.8 Å². The van der Waals surface area contributed by atoms with Crippen LogP contribution < -0.4 is 31.9 Å². The number of carbonyl (C=O) groups excluding carboxylic acids is 8. The quantitative estimate of drug-likeness (QED) is 0.0516. The van der Waals surface area contributed by atoms with Crippen LogP contribution >= 0.6 is 0 Å². The molecule has 7 N–H and O–H groups in total. The third-order valence-corrected chi connectivity index (χ3v) is 8.27. The molecule has 0 aromatic carbocycles. The van der Waals surface area contributed by atoms with Crippen molar-refractivity contribution < 1.29 is 43.5 Å². The number of carbonyl (C=O) groups is 8. The van der Waals surface area contributed by atoms with Gasteiger partial charge in [-0.15, -0.1) is 0 Å². The Labute approximate surface area is 321 Å². The van der Waals surface area contributed by atoms with Crippen LogP contribution in [0.2, 0.25) is 0 Å². The molecule has 17 nitrogen and oxygen atoms in total. The highest BCUT2D eigenvalue weighted by Crippen LogP contribution is 2.08. The molecule has 1 unspecified atom stereocenters. The topological polar surface area (TPSA) is 235 Å². The van der Waals surface area contributed by atoms with Crippen LogP contribution in [0.25, 0.3) is 0 Å². The average molecular weight is 769 g/mol. The van der Waals surface area contributed by atoms with Gasteiger partial charge >= 0.3 is 0 Å². The maximum absolute atomic E-state index is 13.9. The Hall–Kier alpha value is -4.28.